The highest BCUT2D eigenvalue weighted by atomic mass is 32.1. The zero-order chi connectivity index (χ0) is 18.3. The third-order valence-electron chi connectivity index (χ3n) is 4.08. The molecule has 27 heavy (non-hydrogen) atoms. The first-order valence-electron chi connectivity index (χ1n) is 8.86. The largest absolute Gasteiger partial charge is 0.316 e. The van der Waals surface area contributed by atoms with Crippen LogP contribution < -0.4 is 10.6 Å². The molecule has 2 heterocycles. The van der Waals surface area contributed by atoms with Crippen LogP contribution in [0.25, 0.3) is 10.4 Å². The molecule has 0 unspecified atom stereocenters. The van der Waals surface area contributed by atoms with Gasteiger partial charge in [0.2, 0.25) is 0 Å². The fourth-order valence-corrected chi connectivity index (χ4v) is 3.58. The highest BCUT2D eigenvalue weighted by Gasteiger charge is 2.05. The smallest absolute Gasteiger partial charge is 0.188 e. The highest BCUT2D eigenvalue weighted by molar-refractivity contribution is 7.18. The van der Waals surface area contributed by atoms with E-state index >= 15 is 0 Å². The summed E-state index contributed by atoms with van der Waals surface area (Å²) < 4.78 is 0. The molecule has 0 spiro atoms. The van der Waals surface area contributed by atoms with Crippen LogP contribution in [0.2, 0.25) is 0 Å². The van der Waals surface area contributed by atoms with Crippen molar-refractivity contribution in [2.45, 2.75) is 13.1 Å². The van der Waals surface area contributed by atoms with Crippen molar-refractivity contribution in [2.24, 2.45) is 0 Å². The summed E-state index contributed by atoms with van der Waals surface area (Å²) in [5.74, 6) is 0.808. The first-order valence-corrected chi connectivity index (χ1v) is 9.67. The van der Waals surface area contributed by atoms with Crippen molar-refractivity contribution >= 4 is 22.3 Å². The number of benzene rings is 2. The first kappa shape index (κ1) is 17.4. The Hall–Kier alpha value is -3.02. The van der Waals surface area contributed by atoms with Gasteiger partial charge in [-0.2, -0.15) is 0 Å². The lowest BCUT2D eigenvalue weighted by Gasteiger charge is -2.07. The lowest BCUT2D eigenvalue weighted by Crippen LogP contribution is -2.13. The Morgan fingerprint density at radius 3 is 2.37 bits per heavy atom. The van der Waals surface area contributed by atoms with Crippen LogP contribution in [0.1, 0.15) is 11.3 Å². The van der Waals surface area contributed by atoms with E-state index in [0.717, 1.165) is 34.6 Å². The van der Waals surface area contributed by atoms with Crippen molar-refractivity contribution < 1.29 is 0 Å². The van der Waals surface area contributed by atoms with E-state index in [2.05, 4.69) is 57.0 Å². The minimum atomic E-state index is 0.720. The van der Waals surface area contributed by atoms with E-state index in [1.165, 1.54) is 11.1 Å². The van der Waals surface area contributed by atoms with Crippen LogP contribution in [0.5, 0.6) is 0 Å². The van der Waals surface area contributed by atoms with Gasteiger partial charge in [0.15, 0.2) is 5.13 Å². The van der Waals surface area contributed by atoms with Gasteiger partial charge in [-0.1, -0.05) is 78.1 Å². The molecule has 0 atom stereocenters. The minimum absolute atomic E-state index is 0.720. The van der Waals surface area contributed by atoms with E-state index in [1.54, 1.807) is 11.3 Å². The van der Waals surface area contributed by atoms with Crippen LogP contribution in [0, 0.1) is 0 Å². The van der Waals surface area contributed by atoms with Crippen LogP contribution >= 0.6 is 11.3 Å². The van der Waals surface area contributed by atoms with Crippen LogP contribution in [0.3, 0.4) is 0 Å². The zero-order valence-electron chi connectivity index (χ0n) is 14.8. The van der Waals surface area contributed by atoms with Gasteiger partial charge in [0, 0.05) is 19.3 Å². The topological polar surface area (TPSA) is 49.8 Å². The monoisotopic (exact) mass is 372 g/mol. The van der Waals surface area contributed by atoms with Gasteiger partial charge >= 0.3 is 0 Å². The maximum atomic E-state index is 4.67. The van der Waals surface area contributed by atoms with Gasteiger partial charge in [0.25, 0.3) is 0 Å². The standard InChI is InChI=1S/C22H20N4S/c1-3-8-17(9-4-1)14-23-15-19-12-7-13-21(25-19)26-22-24-16-20(27-22)18-10-5-2-6-11-18/h1-13,16,23H,14-15H2,(H,24,25,26). The maximum Gasteiger partial charge on any atom is 0.188 e. The predicted octanol–water partition coefficient (Wildman–Crippen LogP) is 5.24. The average Bonchev–Trinajstić information content (AvgIpc) is 3.18. The van der Waals surface area contributed by atoms with Gasteiger partial charge in [0.1, 0.15) is 5.82 Å². The van der Waals surface area contributed by atoms with Crippen LogP contribution in [0.4, 0.5) is 10.9 Å². The SMILES string of the molecule is c1ccc(CNCc2cccc(Nc3ncc(-c4ccccc4)s3)n2)cc1. The normalized spacial score (nSPS) is 10.7. The second-order valence-electron chi connectivity index (χ2n) is 6.12. The molecule has 2 aromatic carbocycles. The number of hydrogen-bond acceptors (Lipinski definition) is 5. The van der Waals surface area contributed by atoms with E-state index < -0.39 is 0 Å². The lowest BCUT2D eigenvalue weighted by molar-refractivity contribution is 0.680. The summed E-state index contributed by atoms with van der Waals surface area (Å²) in [6.45, 7) is 1.55. The summed E-state index contributed by atoms with van der Waals surface area (Å²) in [7, 11) is 0. The number of thiazole rings is 1. The number of anilines is 2. The van der Waals surface area contributed by atoms with Crippen molar-refractivity contribution in [1.82, 2.24) is 15.3 Å². The van der Waals surface area contributed by atoms with E-state index in [9.17, 15) is 0 Å². The second-order valence-corrected chi connectivity index (χ2v) is 7.15. The lowest BCUT2D eigenvalue weighted by atomic mass is 10.2. The van der Waals surface area contributed by atoms with Gasteiger partial charge < -0.3 is 10.6 Å². The maximum absolute atomic E-state index is 4.67. The van der Waals surface area contributed by atoms with E-state index in [-0.39, 0.29) is 0 Å². The second kappa shape index (κ2) is 8.58. The molecule has 5 heteroatoms. The molecule has 0 saturated heterocycles. The number of hydrogen-bond donors (Lipinski definition) is 2. The van der Waals surface area contributed by atoms with Crippen molar-refractivity contribution in [2.75, 3.05) is 5.32 Å². The third-order valence-corrected chi connectivity index (χ3v) is 5.05. The fraction of sp³-hybridized carbons (Fsp3) is 0.0909. The molecule has 0 amide bonds. The Kier molecular flexibility index (Phi) is 5.53. The van der Waals surface area contributed by atoms with Crippen molar-refractivity contribution in [1.29, 1.82) is 0 Å². The number of nitrogens with one attached hydrogen (secondary N) is 2. The van der Waals surface area contributed by atoms with E-state index in [0.29, 0.717) is 0 Å². The van der Waals surface area contributed by atoms with Gasteiger partial charge in [-0.25, -0.2) is 9.97 Å². The number of pyridine rings is 1. The van der Waals surface area contributed by atoms with Crippen molar-refractivity contribution in [3.63, 3.8) is 0 Å². The molecule has 0 fully saturated rings. The van der Waals surface area contributed by atoms with Gasteiger partial charge in [-0.15, -0.1) is 0 Å². The summed E-state index contributed by atoms with van der Waals surface area (Å²) in [4.78, 5) is 10.3. The van der Waals surface area contributed by atoms with Crippen molar-refractivity contribution in [3.05, 3.63) is 96.3 Å². The summed E-state index contributed by atoms with van der Waals surface area (Å²) in [5, 5.41) is 7.59. The molecule has 4 aromatic rings. The number of aromatic nitrogens is 2. The third kappa shape index (κ3) is 4.78. The molecule has 0 radical (unpaired) electrons. The molecule has 2 aromatic heterocycles. The minimum Gasteiger partial charge on any atom is -0.316 e. The zero-order valence-corrected chi connectivity index (χ0v) is 15.6. The van der Waals surface area contributed by atoms with Crippen LogP contribution in [-0.4, -0.2) is 9.97 Å². The molecule has 0 bridgehead atoms. The van der Waals surface area contributed by atoms with Crippen molar-refractivity contribution in [3.8, 4) is 10.4 Å². The molecule has 2 N–H and O–H groups in total. The molecule has 0 aliphatic rings. The summed E-state index contributed by atoms with van der Waals surface area (Å²) in [5.41, 5.74) is 3.44. The first-order chi connectivity index (χ1) is 13.4. The predicted molar refractivity (Wildman–Crippen MR) is 112 cm³/mol. The molecule has 134 valence electrons. The van der Waals surface area contributed by atoms with Crippen LogP contribution in [-0.2, 0) is 13.1 Å². The Morgan fingerprint density at radius 1 is 0.778 bits per heavy atom. The molecule has 4 nitrogen and oxygen atoms in total. The van der Waals surface area contributed by atoms with Gasteiger partial charge in [-0.3, -0.25) is 0 Å². The molecule has 0 aliphatic heterocycles. The average molecular weight is 372 g/mol. The Balaban J connectivity index is 1.37. The van der Waals surface area contributed by atoms with Gasteiger partial charge in [-0.05, 0) is 23.3 Å². The summed E-state index contributed by atoms with van der Waals surface area (Å²) >= 11 is 1.62. The Morgan fingerprint density at radius 2 is 1.56 bits per heavy atom. The molecular formula is C22H20N4S. The molecule has 0 aliphatic carbocycles. The molecule has 4 rings (SSSR count). The summed E-state index contributed by atoms with van der Waals surface area (Å²) in [6, 6.07) is 26.7. The number of nitrogens with zero attached hydrogens (tertiary/aromatic N) is 2. The fourth-order valence-electron chi connectivity index (χ4n) is 2.76. The molecular weight excluding hydrogens is 352 g/mol. The van der Waals surface area contributed by atoms with E-state index in [4.69, 9.17) is 0 Å². The Labute approximate surface area is 163 Å². The molecule has 0 saturated carbocycles. The Bertz CT molecular complexity index is 983. The van der Waals surface area contributed by atoms with Crippen LogP contribution in [0.15, 0.2) is 85.1 Å². The summed E-state index contributed by atoms with van der Waals surface area (Å²) in [6.07, 6.45) is 1.90. The highest BCUT2D eigenvalue weighted by Crippen LogP contribution is 2.30. The quantitative estimate of drug-likeness (QED) is 0.466. The van der Waals surface area contributed by atoms with Gasteiger partial charge in [0.05, 0.1) is 10.6 Å². The van der Waals surface area contributed by atoms with E-state index in [1.807, 2.05) is 48.7 Å². The number of rotatable bonds is 7.